The van der Waals surface area contributed by atoms with Gasteiger partial charge in [-0.2, -0.15) is 0 Å². The Balaban J connectivity index is 1.97. The van der Waals surface area contributed by atoms with Gasteiger partial charge >= 0.3 is 0 Å². The van der Waals surface area contributed by atoms with Gasteiger partial charge in [0, 0.05) is 13.1 Å². The molecule has 0 aliphatic carbocycles. The van der Waals surface area contributed by atoms with Gasteiger partial charge in [0.2, 0.25) is 11.8 Å². The van der Waals surface area contributed by atoms with Crippen molar-refractivity contribution in [3.63, 3.8) is 0 Å². The molecule has 3 aromatic carbocycles. The van der Waals surface area contributed by atoms with Gasteiger partial charge in [0.1, 0.15) is 18.4 Å². The number of aryl methyl sites for hydroxylation is 1. The number of unbranched alkanes of at least 4 members (excludes halogenated alkanes) is 1. The molecule has 0 fully saturated rings. The number of amides is 2. The SMILES string of the molecule is CCCCNC(=O)[C@H](CC)N(CCc1ccccc1)C(=O)CN(c1ccc(F)cc1)S(=O)(=O)c1ccc(C)cc1. The van der Waals surface area contributed by atoms with E-state index in [9.17, 15) is 22.4 Å². The number of rotatable bonds is 14. The zero-order valence-corrected chi connectivity index (χ0v) is 24.2. The van der Waals surface area contributed by atoms with E-state index in [2.05, 4.69) is 5.32 Å². The minimum absolute atomic E-state index is 0.00964. The smallest absolute Gasteiger partial charge is 0.264 e. The summed E-state index contributed by atoms with van der Waals surface area (Å²) in [6, 6.07) is 20.1. The molecule has 0 saturated carbocycles. The van der Waals surface area contributed by atoms with Crippen LogP contribution in [0.25, 0.3) is 0 Å². The molecule has 0 bridgehead atoms. The van der Waals surface area contributed by atoms with Crippen molar-refractivity contribution >= 4 is 27.5 Å². The lowest BCUT2D eigenvalue weighted by atomic mass is 10.1. The second-order valence-corrected chi connectivity index (χ2v) is 11.6. The number of hydrogen-bond acceptors (Lipinski definition) is 4. The van der Waals surface area contributed by atoms with Crippen molar-refractivity contribution in [3.05, 3.63) is 95.8 Å². The van der Waals surface area contributed by atoms with Crippen molar-refractivity contribution in [1.82, 2.24) is 10.2 Å². The topological polar surface area (TPSA) is 86.8 Å². The van der Waals surface area contributed by atoms with E-state index in [0.29, 0.717) is 19.4 Å². The average Bonchev–Trinajstić information content (AvgIpc) is 2.95. The van der Waals surface area contributed by atoms with Gasteiger partial charge in [-0.25, -0.2) is 12.8 Å². The van der Waals surface area contributed by atoms with E-state index in [0.717, 1.165) is 40.4 Å². The van der Waals surface area contributed by atoms with Crippen LogP contribution in [0.1, 0.15) is 44.2 Å². The van der Waals surface area contributed by atoms with Crippen molar-refractivity contribution in [3.8, 4) is 0 Å². The minimum Gasteiger partial charge on any atom is -0.354 e. The maximum atomic E-state index is 13.9. The molecule has 2 amide bonds. The molecule has 7 nitrogen and oxygen atoms in total. The number of halogens is 1. The van der Waals surface area contributed by atoms with Gasteiger partial charge in [0.15, 0.2) is 0 Å². The highest BCUT2D eigenvalue weighted by atomic mass is 32.2. The number of nitrogens with one attached hydrogen (secondary N) is 1. The van der Waals surface area contributed by atoms with Crippen molar-refractivity contribution in [1.29, 1.82) is 0 Å². The Morgan fingerprint density at radius 1 is 0.925 bits per heavy atom. The Kier molecular flexibility index (Phi) is 11.3. The van der Waals surface area contributed by atoms with Gasteiger partial charge in [0.25, 0.3) is 10.0 Å². The number of carbonyl (C=O) groups is 2. The third-order valence-corrected chi connectivity index (χ3v) is 8.49. The van der Waals surface area contributed by atoms with Crippen LogP contribution in [0.3, 0.4) is 0 Å². The molecule has 3 rings (SSSR count). The first kappa shape index (κ1) is 30.8. The number of anilines is 1. The van der Waals surface area contributed by atoms with E-state index in [4.69, 9.17) is 0 Å². The minimum atomic E-state index is -4.19. The van der Waals surface area contributed by atoms with E-state index in [-0.39, 0.29) is 23.0 Å². The lowest BCUT2D eigenvalue weighted by Gasteiger charge is -2.33. The summed E-state index contributed by atoms with van der Waals surface area (Å²) in [7, 11) is -4.19. The van der Waals surface area contributed by atoms with E-state index < -0.39 is 34.3 Å². The van der Waals surface area contributed by atoms with Crippen molar-refractivity contribution < 1.29 is 22.4 Å². The molecular formula is C31H38FN3O4S. The van der Waals surface area contributed by atoms with Crippen LogP contribution in [-0.2, 0) is 26.0 Å². The summed E-state index contributed by atoms with van der Waals surface area (Å²) in [6.07, 6.45) is 2.58. The highest BCUT2D eigenvalue weighted by Crippen LogP contribution is 2.25. The Labute approximate surface area is 237 Å². The molecule has 0 heterocycles. The lowest BCUT2D eigenvalue weighted by molar-refractivity contribution is -0.139. The van der Waals surface area contributed by atoms with Crippen LogP contribution in [0.2, 0.25) is 0 Å². The average molecular weight is 568 g/mol. The maximum absolute atomic E-state index is 13.9. The quantitative estimate of drug-likeness (QED) is 0.275. The lowest BCUT2D eigenvalue weighted by Crippen LogP contribution is -2.53. The van der Waals surface area contributed by atoms with Gasteiger partial charge in [0.05, 0.1) is 10.6 Å². The Morgan fingerprint density at radius 3 is 2.17 bits per heavy atom. The number of sulfonamides is 1. The summed E-state index contributed by atoms with van der Waals surface area (Å²) in [4.78, 5) is 28.6. The van der Waals surface area contributed by atoms with Crippen LogP contribution >= 0.6 is 0 Å². The number of hydrogen-bond donors (Lipinski definition) is 1. The fourth-order valence-electron chi connectivity index (χ4n) is 4.38. The molecular weight excluding hydrogens is 529 g/mol. The zero-order valence-electron chi connectivity index (χ0n) is 23.3. The van der Waals surface area contributed by atoms with Gasteiger partial charge < -0.3 is 10.2 Å². The van der Waals surface area contributed by atoms with Gasteiger partial charge in [-0.05, 0) is 68.1 Å². The normalized spacial score (nSPS) is 12.0. The second-order valence-electron chi connectivity index (χ2n) is 9.69. The van der Waals surface area contributed by atoms with Crippen LogP contribution in [0.15, 0.2) is 83.8 Å². The Bertz CT molecular complexity index is 1350. The fourth-order valence-corrected chi connectivity index (χ4v) is 5.79. The van der Waals surface area contributed by atoms with E-state index in [1.165, 1.54) is 29.2 Å². The molecule has 1 N–H and O–H groups in total. The molecule has 0 spiro atoms. The number of nitrogens with zero attached hydrogens (tertiary/aromatic N) is 2. The molecule has 0 aliphatic heterocycles. The van der Waals surface area contributed by atoms with Crippen molar-refractivity contribution in [2.45, 2.75) is 57.4 Å². The van der Waals surface area contributed by atoms with E-state index in [1.54, 1.807) is 12.1 Å². The summed E-state index contributed by atoms with van der Waals surface area (Å²) < 4.78 is 42.3. The molecule has 3 aromatic rings. The summed E-state index contributed by atoms with van der Waals surface area (Å²) >= 11 is 0. The Morgan fingerprint density at radius 2 is 1.57 bits per heavy atom. The standard InChI is InChI=1S/C31H38FN3O4S/c1-4-6-21-33-31(37)29(5-2)34(22-20-25-10-8-7-9-11-25)30(36)23-35(27-16-14-26(32)15-17-27)40(38,39)28-18-12-24(3)13-19-28/h7-19,29H,4-6,20-23H2,1-3H3,(H,33,37)/t29-/m0/s1. The van der Waals surface area contributed by atoms with Crippen LogP contribution in [-0.4, -0.2) is 50.8 Å². The molecule has 40 heavy (non-hydrogen) atoms. The van der Waals surface area contributed by atoms with Crippen molar-refractivity contribution in [2.24, 2.45) is 0 Å². The summed E-state index contributed by atoms with van der Waals surface area (Å²) in [5, 5.41) is 2.91. The molecule has 0 saturated heterocycles. The Hall–Kier alpha value is -3.72. The summed E-state index contributed by atoms with van der Waals surface area (Å²) in [5.41, 5.74) is 2.03. The van der Waals surface area contributed by atoms with Crippen LogP contribution in [0.5, 0.6) is 0 Å². The van der Waals surface area contributed by atoms with E-state index in [1.807, 2.05) is 51.1 Å². The third kappa shape index (κ3) is 8.14. The van der Waals surface area contributed by atoms with Gasteiger partial charge in [-0.1, -0.05) is 68.3 Å². The van der Waals surface area contributed by atoms with E-state index >= 15 is 0 Å². The molecule has 0 radical (unpaired) electrons. The maximum Gasteiger partial charge on any atom is 0.264 e. The largest absolute Gasteiger partial charge is 0.354 e. The first-order valence-corrected chi connectivity index (χ1v) is 15.1. The fraction of sp³-hybridized carbons (Fsp3) is 0.355. The van der Waals surface area contributed by atoms with Gasteiger partial charge in [-0.15, -0.1) is 0 Å². The van der Waals surface area contributed by atoms with Crippen molar-refractivity contribution in [2.75, 3.05) is 23.9 Å². The van der Waals surface area contributed by atoms with Crippen LogP contribution in [0, 0.1) is 12.7 Å². The number of benzene rings is 3. The molecule has 214 valence electrons. The molecule has 0 unspecified atom stereocenters. The predicted octanol–water partition coefficient (Wildman–Crippen LogP) is 5.10. The van der Waals surface area contributed by atoms with Crippen LogP contribution in [0.4, 0.5) is 10.1 Å². The highest BCUT2D eigenvalue weighted by Gasteiger charge is 2.33. The molecule has 0 aliphatic rings. The first-order valence-electron chi connectivity index (χ1n) is 13.6. The number of carbonyl (C=O) groups excluding carboxylic acids is 2. The predicted molar refractivity (Wildman–Crippen MR) is 156 cm³/mol. The molecule has 1 atom stereocenters. The summed E-state index contributed by atoms with van der Waals surface area (Å²) in [6.45, 7) is 5.87. The zero-order chi connectivity index (χ0) is 29.1. The monoisotopic (exact) mass is 567 g/mol. The van der Waals surface area contributed by atoms with Crippen LogP contribution < -0.4 is 9.62 Å². The highest BCUT2D eigenvalue weighted by molar-refractivity contribution is 7.92. The molecule has 9 heteroatoms. The third-order valence-electron chi connectivity index (χ3n) is 6.70. The summed E-state index contributed by atoms with van der Waals surface area (Å²) in [5.74, 6) is -1.32. The second kappa shape index (κ2) is 14.6. The first-order chi connectivity index (χ1) is 19.2. The molecule has 0 aromatic heterocycles. The van der Waals surface area contributed by atoms with Gasteiger partial charge in [-0.3, -0.25) is 13.9 Å².